The number of ether oxygens (including phenoxy) is 1. The van der Waals surface area contributed by atoms with E-state index in [1.165, 1.54) is 0 Å². The van der Waals surface area contributed by atoms with Crippen molar-refractivity contribution in [3.63, 3.8) is 0 Å². The molecule has 6 heteroatoms. The zero-order valence-electron chi connectivity index (χ0n) is 16.2. The van der Waals surface area contributed by atoms with Crippen molar-refractivity contribution in [2.75, 3.05) is 7.11 Å². The van der Waals surface area contributed by atoms with Gasteiger partial charge in [0, 0.05) is 11.6 Å². The lowest BCUT2D eigenvalue weighted by molar-refractivity contribution is 0.414. The van der Waals surface area contributed by atoms with E-state index in [1.807, 2.05) is 78.9 Å². The second-order valence-electron chi connectivity index (χ2n) is 6.76. The van der Waals surface area contributed by atoms with Crippen LogP contribution in [0.25, 0.3) is 23.2 Å². The van der Waals surface area contributed by atoms with E-state index in [9.17, 15) is 5.11 Å². The van der Waals surface area contributed by atoms with Crippen LogP contribution in [0, 0.1) is 0 Å². The Morgan fingerprint density at radius 1 is 0.833 bits per heavy atom. The van der Waals surface area contributed by atoms with Crippen molar-refractivity contribution in [1.29, 1.82) is 0 Å². The standard InChI is InChI=1S/C24H18N4O2/c1-30-18-13-11-17(12-14-18)28-23(16-7-3-2-4-8-16)27-21(24(28)29)15-22-25-19-9-5-6-10-20(19)26-22/h2-15,29H,1H3. The molecule has 1 aromatic heterocycles. The molecule has 0 bridgehead atoms. The molecule has 30 heavy (non-hydrogen) atoms. The van der Waals surface area contributed by atoms with Crippen LogP contribution >= 0.6 is 0 Å². The number of rotatable bonds is 4. The van der Waals surface area contributed by atoms with Crippen LogP contribution in [0.2, 0.25) is 0 Å². The molecule has 1 N–H and O–H groups in total. The van der Waals surface area contributed by atoms with Crippen molar-refractivity contribution in [2.45, 2.75) is 0 Å². The number of para-hydroxylation sites is 2. The second-order valence-corrected chi connectivity index (χ2v) is 6.76. The molecule has 146 valence electrons. The molecule has 0 fully saturated rings. The highest BCUT2D eigenvalue weighted by atomic mass is 16.5. The molecule has 1 aliphatic heterocycles. The molecule has 0 spiro atoms. The summed E-state index contributed by atoms with van der Waals surface area (Å²) in [6.45, 7) is 0. The quantitative estimate of drug-likeness (QED) is 0.576. The van der Waals surface area contributed by atoms with Crippen LogP contribution in [-0.4, -0.2) is 21.8 Å². The van der Waals surface area contributed by atoms with Gasteiger partial charge in [-0.15, -0.1) is 0 Å². The number of benzene rings is 3. The average molecular weight is 394 g/mol. The van der Waals surface area contributed by atoms with Gasteiger partial charge in [-0.1, -0.05) is 42.5 Å². The Bertz CT molecular complexity index is 1330. The number of methoxy groups -OCH3 is 1. The zero-order valence-corrected chi connectivity index (χ0v) is 16.2. The Balaban J connectivity index is 1.67. The smallest absolute Gasteiger partial charge is 0.224 e. The minimum atomic E-state index is 0.0212. The molecule has 1 aliphatic rings. The monoisotopic (exact) mass is 394 g/mol. The molecule has 0 amide bonds. The van der Waals surface area contributed by atoms with E-state index in [-0.39, 0.29) is 5.88 Å². The van der Waals surface area contributed by atoms with E-state index < -0.39 is 0 Å². The first-order valence-electron chi connectivity index (χ1n) is 9.49. The van der Waals surface area contributed by atoms with Gasteiger partial charge in [-0.25, -0.2) is 15.0 Å². The van der Waals surface area contributed by atoms with Crippen LogP contribution in [0.4, 0.5) is 0 Å². The summed E-state index contributed by atoms with van der Waals surface area (Å²) in [6.07, 6.45) is 1.70. The third-order valence-corrected chi connectivity index (χ3v) is 4.86. The maximum absolute atomic E-state index is 11.1. The lowest BCUT2D eigenvalue weighted by Gasteiger charge is -2.10. The Labute approximate surface area is 172 Å². The number of nitrogens with zero attached hydrogens (tertiary/aromatic N) is 4. The van der Waals surface area contributed by atoms with Gasteiger partial charge in [0.15, 0.2) is 5.82 Å². The van der Waals surface area contributed by atoms with Crippen molar-refractivity contribution >= 4 is 6.08 Å². The molecular formula is C24H18N4O2. The summed E-state index contributed by atoms with van der Waals surface area (Å²) < 4.78 is 6.96. The molecule has 0 aliphatic carbocycles. The van der Waals surface area contributed by atoms with Crippen molar-refractivity contribution < 1.29 is 9.84 Å². The minimum Gasteiger partial charge on any atom is -0.497 e. The van der Waals surface area contributed by atoms with E-state index >= 15 is 0 Å². The van der Waals surface area contributed by atoms with Crippen LogP contribution in [0.5, 0.6) is 11.6 Å². The van der Waals surface area contributed by atoms with Crippen molar-refractivity contribution in [3.8, 4) is 28.7 Å². The Morgan fingerprint density at radius 3 is 2.10 bits per heavy atom. The number of imidazole rings is 1. The van der Waals surface area contributed by atoms with Gasteiger partial charge in [0.25, 0.3) is 0 Å². The van der Waals surface area contributed by atoms with E-state index in [0.29, 0.717) is 17.3 Å². The molecule has 0 saturated carbocycles. The molecule has 5 rings (SSSR count). The minimum absolute atomic E-state index is 0.0212. The largest absolute Gasteiger partial charge is 0.497 e. The Morgan fingerprint density at radius 2 is 1.47 bits per heavy atom. The molecule has 0 radical (unpaired) electrons. The van der Waals surface area contributed by atoms with E-state index in [0.717, 1.165) is 27.7 Å². The summed E-state index contributed by atoms with van der Waals surface area (Å²) in [5.41, 5.74) is 2.06. The number of hydrogen-bond acceptors (Lipinski definition) is 5. The summed E-state index contributed by atoms with van der Waals surface area (Å²) >= 11 is 0. The average Bonchev–Trinajstić information content (AvgIpc) is 3.35. The lowest BCUT2D eigenvalue weighted by Crippen LogP contribution is -2.19. The molecule has 0 atom stereocenters. The fraction of sp³-hybridized carbons (Fsp3) is 0.0417. The number of hydrogen-bond donors (Lipinski definition) is 1. The van der Waals surface area contributed by atoms with Gasteiger partial charge in [-0.3, -0.25) is 4.57 Å². The summed E-state index contributed by atoms with van der Waals surface area (Å²) in [5, 5.41) is 12.7. The van der Waals surface area contributed by atoms with Crippen LogP contribution in [0.3, 0.4) is 0 Å². The van der Waals surface area contributed by atoms with Crippen molar-refractivity contribution in [1.82, 2.24) is 9.55 Å². The fourth-order valence-corrected chi connectivity index (χ4v) is 3.39. The first-order valence-corrected chi connectivity index (χ1v) is 9.49. The Kier molecular flexibility index (Phi) is 4.37. The van der Waals surface area contributed by atoms with Gasteiger partial charge in [-0.2, -0.15) is 0 Å². The fourth-order valence-electron chi connectivity index (χ4n) is 3.39. The summed E-state index contributed by atoms with van der Waals surface area (Å²) in [5.74, 6) is 1.89. The van der Waals surface area contributed by atoms with Gasteiger partial charge < -0.3 is 9.84 Å². The van der Waals surface area contributed by atoms with E-state index in [2.05, 4.69) is 9.98 Å². The molecule has 3 aromatic carbocycles. The van der Waals surface area contributed by atoms with Gasteiger partial charge >= 0.3 is 0 Å². The highest BCUT2D eigenvalue weighted by Gasteiger charge is 2.19. The molecule has 4 aromatic rings. The van der Waals surface area contributed by atoms with Gasteiger partial charge in [0.05, 0.1) is 23.5 Å². The SMILES string of the molecule is COc1ccc(-n2c(-c3ccccc3)nc(C=C3N=c4ccccc4=N3)c2O)cc1. The normalized spacial score (nSPS) is 12.1. The van der Waals surface area contributed by atoms with E-state index in [4.69, 9.17) is 9.72 Å². The lowest BCUT2D eigenvalue weighted by atomic mass is 10.2. The van der Waals surface area contributed by atoms with E-state index in [1.54, 1.807) is 17.8 Å². The molecule has 6 nitrogen and oxygen atoms in total. The van der Waals surface area contributed by atoms with Crippen molar-refractivity contribution in [2.24, 2.45) is 9.98 Å². The number of aromatic nitrogens is 2. The van der Waals surface area contributed by atoms with Crippen LogP contribution < -0.4 is 15.5 Å². The van der Waals surface area contributed by atoms with Crippen LogP contribution in [-0.2, 0) is 0 Å². The topological polar surface area (TPSA) is 72.0 Å². The Hall–Kier alpha value is -4.19. The van der Waals surface area contributed by atoms with Gasteiger partial charge in [-0.05, 0) is 36.4 Å². The third-order valence-electron chi connectivity index (χ3n) is 4.86. The first-order chi connectivity index (χ1) is 14.7. The summed E-state index contributed by atoms with van der Waals surface area (Å²) in [4.78, 5) is 13.7. The first kappa shape index (κ1) is 17.9. The predicted molar refractivity (Wildman–Crippen MR) is 114 cm³/mol. The molecule has 0 saturated heterocycles. The van der Waals surface area contributed by atoms with Crippen LogP contribution in [0.1, 0.15) is 5.69 Å². The molecule has 0 unspecified atom stereocenters. The predicted octanol–water partition coefficient (Wildman–Crippen LogP) is 3.50. The number of aromatic hydroxyl groups is 1. The second kappa shape index (κ2) is 7.33. The van der Waals surface area contributed by atoms with Crippen molar-refractivity contribution in [3.05, 3.63) is 101 Å². The van der Waals surface area contributed by atoms with Gasteiger partial charge in [0.1, 0.15) is 17.3 Å². The highest BCUT2D eigenvalue weighted by molar-refractivity contribution is 5.67. The molecule has 2 heterocycles. The maximum atomic E-state index is 11.1. The van der Waals surface area contributed by atoms with Crippen LogP contribution in [0.15, 0.2) is 94.7 Å². The third kappa shape index (κ3) is 3.14. The zero-order chi connectivity index (χ0) is 20.5. The molecular weight excluding hydrogens is 376 g/mol. The summed E-state index contributed by atoms with van der Waals surface area (Å²) in [6, 6.07) is 24.8. The van der Waals surface area contributed by atoms with Gasteiger partial charge in [0.2, 0.25) is 5.88 Å². The number of fused-ring (bicyclic) bond motifs is 1. The maximum Gasteiger partial charge on any atom is 0.224 e. The summed E-state index contributed by atoms with van der Waals surface area (Å²) in [7, 11) is 1.62. The highest BCUT2D eigenvalue weighted by Crippen LogP contribution is 2.32.